The molecule has 0 heterocycles. The number of benzene rings is 1. The lowest BCUT2D eigenvalue weighted by atomic mass is 10.1. The Balaban J connectivity index is 2.51. The first-order valence-electron chi connectivity index (χ1n) is 10.2. The van der Waals surface area contributed by atoms with Crippen LogP contribution in [0.15, 0.2) is 30.3 Å². The van der Waals surface area contributed by atoms with E-state index in [1.54, 1.807) is 0 Å². The van der Waals surface area contributed by atoms with E-state index in [-0.39, 0.29) is 0 Å². The molecule has 1 aromatic rings. The minimum atomic E-state index is -1.62. The molecule has 0 fully saturated rings. The summed E-state index contributed by atoms with van der Waals surface area (Å²) in [5.74, 6) is 0.796. The predicted octanol–water partition coefficient (Wildman–Crippen LogP) is 6.99. The molecule has 1 aromatic carbocycles. The van der Waals surface area contributed by atoms with E-state index in [1.165, 1.54) is 30.5 Å². The first-order valence-corrected chi connectivity index (χ1v) is 20.4. The standard InChI is InChI=1S/C21H42O2Si3/c1-24(2,3)19-21(14-16-22-25(4,5)6)15-17-26(7,8)23-18-20-12-10-9-11-13-20/h9-13,21H,14-19H2,1-8H3. The normalized spacial score (nSPS) is 14.5. The smallest absolute Gasteiger partial charge is 0.187 e. The Morgan fingerprint density at radius 2 is 1.42 bits per heavy atom. The van der Waals surface area contributed by atoms with E-state index in [0.717, 1.165) is 19.1 Å². The molecule has 0 saturated heterocycles. The van der Waals surface area contributed by atoms with Crippen molar-refractivity contribution in [1.82, 2.24) is 0 Å². The number of rotatable bonds is 12. The van der Waals surface area contributed by atoms with Crippen molar-refractivity contribution in [3.05, 3.63) is 35.9 Å². The average molecular weight is 411 g/mol. The Kier molecular flexibility index (Phi) is 9.50. The van der Waals surface area contributed by atoms with E-state index in [9.17, 15) is 0 Å². The van der Waals surface area contributed by atoms with Crippen LogP contribution in [-0.4, -0.2) is 31.3 Å². The van der Waals surface area contributed by atoms with Crippen LogP contribution in [0.4, 0.5) is 0 Å². The summed E-state index contributed by atoms with van der Waals surface area (Å²) in [7, 11) is -4.07. The van der Waals surface area contributed by atoms with Gasteiger partial charge in [0.1, 0.15) is 0 Å². The minimum absolute atomic E-state index is 0.761. The summed E-state index contributed by atoms with van der Waals surface area (Å²) in [5, 5.41) is 0. The van der Waals surface area contributed by atoms with Crippen molar-refractivity contribution in [3.8, 4) is 0 Å². The van der Waals surface area contributed by atoms with Crippen molar-refractivity contribution >= 4 is 24.7 Å². The molecular formula is C21H42O2Si3. The molecule has 0 N–H and O–H groups in total. The molecule has 5 heteroatoms. The molecule has 150 valence electrons. The quantitative estimate of drug-likeness (QED) is 0.345. The van der Waals surface area contributed by atoms with Crippen LogP contribution in [0.1, 0.15) is 18.4 Å². The summed E-state index contributed by atoms with van der Waals surface area (Å²) in [5.41, 5.74) is 1.29. The minimum Gasteiger partial charge on any atom is -0.418 e. The van der Waals surface area contributed by atoms with E-state index >= 15 is 0 Å². The zero-order valence-corrected chi connectivity index (χ0v) is 21.5. The molecule has 1 atom stereocenters. The van der Waals surface area contributed by atoms with Gasteiger partial charge in [0.25, 0.3) is 0 Å². The summed E-state index contributed by atoms with van der Waals surface area (Å²) in [6.45, 7) is 20.8. The lowest BCUT2D eigenvalue weighted by molar-refractivity contribution is 0.268. The molecule has 0 radical (unpaired) electrons. The van der Waals surface area contributed by atoms with Gasteiger partial charge in [-0.1, -0.05) is 62.4 Å². The van der Waals surface area contributed by atoms with Gasteiger partial charge in [0.05, 0.1) is 6.61 Å². The van der Waals surface area contributed by atoms with Crippen molar-refractivity contribution in [2.24, 2.45) is 5.92 Å². The molecule has 1 rings (SSSR count). The highest BCUT2D eigenvalue weighted by Crippen LogP contribution is 2.28. The summed E-state index contributed by atoms with van der Waals surface area (Å²) < 4.78 is 12.5. The van der Waals surface area contributed by atoms with Gasteiger partial charge in [-0.05, 0) is 56.7 Å². The zero-order chi connectivity index (χ0) is 19.8. The molecule has 0 amide bonds. The summed E-state index contributed by atoms with van der Waals surface area (Å²) in [4.78, 5) is 0. The lowest BCUT2D eigenvalue weighted by Gasteiger charge is -2.29. The third-order valence-corrected chi connectivity index (χ3v) is 9.88. The van der Waals surface area contributed by atoms with Crippen LogP contribution in [0, 0.1) is 5.92 Å². The van der Waals surface area contributed by atoms with Gasteiger partial charge in [0.2, 0.25) is 0 Å². The Morgan fingerprint density at radius 1 is 0.808 bits per heavy atom. The highest BCUT2D eigenvalue weighted by molar-refractivity contribution is 6.76. The van der Waals surface area contributed by atoms with Gasteiger partial charge in [-0.25, -0.2) is 0 Å². The fourth-order valence-electron chi connectivity index (χ4n) is 3.22. The molecule has 26 heavy (non-hydrogen) atoms. The van der Waals surface area contributed by atoms with E-state index in [2.05, 4.69) is 82.7 Å². The zero-order valence-electron chi connectivity index (χ0n) is 18.5. The van der Waals surface area contributed by atoms with Crippen LogP contribution >= 0.6 is 0 Å². The third-order valence-electron chi connectivity index (χ3n) is 4.59. The molecule has 2 nitrogen and oxygen atoms in total. The Bertz CT molecular complexity index is 504. The van der Waals surface area contributed by atoms with E-state index in [1.807, 2.05) is 0 Å². The van der Waals surface area contributed by atoms with Crippen LogP contribution in [0.2, 0.25) is 64.5 Å². The summed E-state index contributed by atoms with van der Waals surface area (Å²) in [6, 6.07) is 13.2. The molecule has 0 saturated carbocycles. The number of hydrogen-bond donors (Lipinski definition) is 0. The fraction of sp³-hybridized carbons (Fsp3) is 0.714. The van der Waals surface area contributed by atoms with Crippen molar-refractivity contribution in [2.45, 2.75) is 83.9 Å². The van der Waals surface area contributed by atoms with Gasteiger partial charge in [0.15, 0.2) is 16.6 Å². The average Bonchev–Trinajstić information content (AvgIpc) is 2.49. The largest absolute Gasteiger partial charge is 0.418 e. The van der Waals surface area contributed by atoms with Gasteiger partial charge < -0.3 is 8.85 Å². The molecule has 0 aliphatic heterocycles. The summed E-state index contributed by atoms with van der Waals surface area (Å²) in [6.07, 6.45) is 2.52. The Labute approximate surface area is 166 Å². The molecule has 0 bridgehead atoms. The van der Waals surface area contributed by atoms with Gasteiger partial charge in [-0.2, -0.15) is 0 Å². The maximum Gasteiger partial charge on any atom is 0.187 e. The molecule has 1 unspecified atom stereocenters. The van der Waals surface area contributed by atoms with Crippen LogP contribution in [0.3, 0.4) is 0 Å². The predicted molar refractivity (Wildman–Crippen MR) is 124 cm³/mol. The maximum atomic E-state index is 6.38. The van der Waals surface area contributed by atoms with Crippen LogP contribution in [-0.2, 0) is 15.5 Å². The van der Waals surface area contributed by atoms with E-state index < -0.39 is 24.7 Å². The lowest BCUT2D eigenvalue weighted by Crippen LogP contribution is -2.32. The van der Waals surface area contributed by atoms with Crippen molar-refractivity contribution in [1.29, 1.82) is 0 Å². The van der Waals surface area contributed by atoms with Gasteiger partial charge in [-0.3, -0.25) is 0 Å². The summed E-state index contributed by atoms with van der Waals surface area (Å²) >= 11 is 0. The molecule has 0 aliphatic rings. The van der Waals surface area contributed by atoms with Gasteiger partial charge >= 0.3 is 0 Å². The second-order valence-electron chi connectivity index (χ2n) is 10.5. The first kappa shape index (κ1) is 23.8. The third kappa shape index (κ3) is 12.2. The van der Waals surface area contributed by atoms with Gasteiger partial charge in [-0.15, -0.1) is 0 Å². The maximum absolute atomic E-state index is 6.38. The van der Waals surface area contributed by atoms with Gasteiger partial charge in [0, 0.05) is 14.7 Å². The molecular weight excluding hydrogens is 368 g/mol. The highest BCUT2D eigenvalue weighted by atomic mass is 28.4. The van der Waals surface area contributed by atoms with Crippen molar-refractivity contribution in [3.63, 3.8) is 0 Å². The fourth-order valence-corrected chi connectivity index (χ4v) is 7.90. The Morgan fingerprint density at radius 3 is 1.96 bits per heavy atom. The molecule has 0 aliphatic carbocycles. The van der Waals surface area contributed by atoms with Crippen LogP contribution in [0.25, 0.3) is 0 Å². The van der Waals surface area contributed by atoms with E-state index in [0.29, 0.717) is 0 Å². The Hall–Kier alpha value is -0.209. The number of hydrogen-bond acceptors (Lipinski definition) is 2. The SMILES string of the molecule is C[Si](C)(C)CC(CCO[Si](C)(C)C)CC[Si](C)(C)OCc1ccccc1. The van der Waals surface area contributed by atoms with Crippen molar-refractivity contribution < 1.29 is 8.85 Å². The van der Waals surface area contributed by atoms with Crippen molar-refractivity contribution in [2.75, 3.05) is 6.61 Å². The second-order valence-corrected chi connectivity index (χ2v) is 24.8. The monoisotopic (exact) mass is 410 g/mol. The second kappa shape index (κ2) is 10.4. The first-order chi connectivity index (χ1) is 11.9. The van der Waals surface area contributed by atoms with E-state index in [4.69, 9.17) is 8.85 Å². The topological polar surface area (TPSA) is 18.5 Å². The molecule has 0 aromatic heterocycles. The highest BCUT2D eigenvalue weighted by Gasteiger charge is 2.27. The van der Waals surface area contributed by atoms with Crippen LogP contribution < -0.4 is 0 Å². The molecule has 0 spiro atoms. The van der Waals surface area contributed by atoms with Crippen LogP contribution in [0.5, 0.6) is 0 Å².